The van der Waals surface area contributed by atoms with Crippen LogP contribution in [0.1, 0.15) is 37.4 Å². The Balaban J connectivity index is 0.00000225. The van der Waals surface area contributed by atoms with E-state index in [1.54, 1.807) is 0 Å². The molecule has 1 aromatic heterocycles. The van der Waals surface area contributed by atoms with Gasteiger partial charge in [-0.2, -0.15) is 9.29 Å². The van der Waals surface area contributed by atoms with E-state index in [4.69, 9.17) is 21.9 Å². The molecular formula is C15H20Cl2N4O3S. The zero-order valence-electron chi connectivity index (χ0n) is 13.7. The second kappa shape index (κ2) is 7.59. The van der Waals surface area contributed by atoms with Crippen LogP contribution in [-0.2, 0) is 22.1 Å². The lowest BCUT2D eigenvalue weighted by Gasteiger charge is -2.18. The third kappa shape index (κ3) is 4.15. The predicted molar refractivity (Wildman–Crippen MR) is 96.0 cm³/mol. The van der Waals surface area contributed by atoms with Crippen molar-refractivity contribution in [3.8, 4) is 0 Å². The number of hydrogen-bond donors (Lipinski definition) is 1. The fourth-order valence-electron chi connectivity index (χ4n) is 2.81. The van der Waals surface area contributed by atoms with E-state index < -0.39 is 15.6 Å². The van der Waals surface area contributed by atoms with Crippen LogP contribution in [0, 0.1) is 0 Å². The minimum Gasteiger partial charge on any atom is -0.338 e. The van der Waals surface area contributed by atoms with Gasteiger partial charge >= 0.3 is 0 Å². The Morgan fingerprint density at radius 3 is 2.48 bits per heavy atom. The monoisotopic (exact) mass is 406 g/mol. The van der Waals surface area contributed by atoms with Gasteiger partial charge in [0.05, 0.1) is 17.0 Å². The first-order valence-corrected chi connectivity index (χ1v) is 9.47. The maximum Gasteiger partial charge on any atom is 0.243 e. The van der Waals surface area contributed by atoms with Crippen molar-refractivity contribution in [2.24, 2.45) is 5.73 Å². The molecule has 138 valence electrons. The van der Waals surface area contributed by atoms with Crippen LogP contribution in [0.5, 0.6) is 0 Å². The molecule has 25 heavy (non-hydrogen) atoms. The van der Waals surface area contributed by atoms with Crippen LogP contribution in [0.3, 0.4) is 0 Å². The van der Waals surface area contributed by atoms with Crippen LogP contribution in [0.25, 0.3) is 0 Å². The lowest BCUT2D eigenvalue weighted by Crippen LogP contribution is -2.34. The molecule has 1 aromatic carbocycles. The van der Waals surface area contributed by atoms with Crippen molar-refractivity contribution < 1.29 is 12.9 Å². The Bertz CT molecular complexity index is 818. The standard InChI is InChI=1S/C15H19ClN4O3S.ClH/c1-20(24(21,22)12-6-4-11(16)5-7-12)10-13-18-14(19-23-13)15(17)8-2-3-9-15;/h4-7H,2-3,8-10,17H2,1H3;1H. The lowest BCUT2D eigenvalue weighted by molar-refractivity contribution is 0.323. The predicted octanol–water partition coefficient (Wildman–Crippen LogP) is 2.69. The first-order chi connectivity index (χ1) is 11.3. The van der Waals surface area contributed by atoms with E-state index in [9.17, 15) is 8.42 Å². The lowest BCUT2D eigenvalue weighted by atomic mass is 9.99. The molecule has 1 fully saturated rings. The summed E-state index contributed by atoms with van der Waals surface area (Å²) in [7, 11) is -2.20. The highest BCUT2D eigenvalue weighted by Crippen LogP contribution is 2.34. The van der Waals surface area contributed by atoms with Gasteiger partial charge in [0, 0.05) is 12.1 Å². The summed E-state index contributed by atoms with van der Waals surface area (Å²) >= 11 is 5.80. The van der Waals surface area contributed by atoms with Gasteiger partial charge in [-0.15, -0.1) is 12.4 Å². The molecule has 0 atom stereocenters. The molecule has 1 aliphatic carbocycles. The maximum atomic E-state index is 12.5. The molecule has 0 bridgehead atoms. The van der Waals surface area contributed by atoms with Crippen LogP contribution in [-0.4, -0.2) is 29.9 Å². The minimum atomic E-state index is -3.66. The molecule has 1 heterocycles. The van der Waals surface area contributed by atoms with Crippen LogP contribution in [0.2, 0.25) is 5.02 Å². The second-order valence-corrected chi connectivity index (χ2v) is 8.57. The van der Waals surface area contributed by atoms with Crippen LogP contribution >= 0.6 is 24.0 Å². The highest BCUT2D eigenvalue weighted by atomic mass is 35.5. The topological polar surface area (TPSA) is 102 Å². The first kappa shape index (κ1) is 20.1. The molecule has 0 saturated heterocycles. The van der Waals surface area contributed by atoms with E-state index in [1.165, 1.54) is 31.3 Å². The van der Waals surface area contributed by atoms with E-state index in [0.717, 1.165) is 30.0 Å². The summed E-state index contributed by atoms with van der Waals surface area (Å²) in [4.78, 5) is 4.45. The Morgan fingerprint density at radius 2 is 1.88 bits per heavy atom. The van der Waals surface area contributed by atoms with E-state index in [0.29, 0.717) is 10.8 Å². The van der Waals surface area contributed by atoms with Gasteiger partial charge in [-0.25, -0.2) is 8.42 Å². The molecule has 0 amide bonds. The summed E-state index contributed by atoms with van der Waals surface area (Å²) in [5.41, 5.74) is 5.73. The minimum absolute atomic E-state index is 0. The fraction of sp³-hybridized carbons (Fsp3) is 0.467. The normalized spacial score (nSPS) is 16.8. The van der Waals surface area contributed by atoms with Gasteiger partial charge in [0.2, 0.25) is 15.9 Å². The van der Waals surface area contributed by atoms with Crippen LogP contribution in [0.15, 0.2) is 33.7 Å². The first-order valence-electron chi connectivity index (χ1n) is 7.65. The van der Waals surface area contributed by atoms with E-state index >= 15 is 0 Å². The number of halogens is 2. The smallest absolute Gasteiger partial charge is 0.243 e. The number of nitrogens with two attached hydrogens (primary N) is 1. The molecule has 0 aliphatic heterocycles. The van der Waals surface area contributed by atoms with Crippen LogP contribution in [0.4, 0.5) is 0 Å². The van der Waals surface area contributed by atoms with Gasteiger partial charge in [0.25, 0.3) is 0 Å². The molecule has 0 radical (unpaired) electrons. The Kier molecular flexibility index (Phi) is 6.11. The summed E-state index contributed by atoms with van der Waals surface area (Å²) in [5.74, 6) is 0.675. The van der Waals surface area contributed by atoms with Gasteiger partial charge in [-0.1, -0.05) is 29.6 Å². The zero-order valence-corrected chi connectivity index (χ0v) is 16.1. The quantitative estimate of drug-likeness (QED) is 0.818. The van der Waals surface area contributed by atoms with E-state index in [1.807, 2.05) is 0 Å². The molecule has 0 unspecified atom stereocenters. The van der Waals surface area contributed by atoms with Gasteiger partial charge in [-0.3, -0.25) is 0 Å². The molecule has 2 aromatic rings. The third-order valence-electron chi connectivity index (χ3n) is 4.29. The number of nitrogens with zero attached hydrogens (tertiary/aromatic N) is 3. The summed E-state index contributed by atoms with van der Waals surface area (Å²) in [6, 6.07) is 5.98. The van der Waals surface area contributed by atoms with Crippen molar-refractivity contribution in [1.29, 1.82) is 0 Å². The third-order valence-corrected chi connectivity index (χ3v) is 6.36. The summed E-state index contributed by atoms with van der Waals surface area (Å²) in [6.07, 6.45) is 3.69. The van der Waals surface area contributed by atoms with Gasteiger partial charge in [-0.05, 0) is 37.1 Å². The fourth-order valence-corrected chi connectivity index (χ4v) is 4.06. The van der Waals surface area contributed by atoms with Gasteiger partial charge in [0.15, 0.2) is 5.82 Å². The van der Waals surface area contributed by atoms with E-state index in [2.05, 4.69) is 10.1 Å². The average molecular weight is 407 g/mol. The largest absolute Gasteiger partial charge is 0.338 e. The molecule has 10 heteroatoms. The number of aromatic nitrogens is 2. The van der Waals surface area contributed by atoms with Gasteiger partial charge < -0.3 is 10.3 Å². The second-order valence-electron chi connectivity index (χ2n) is 6.09. The zero-order chi connectivity index (χ0) is 17.4. The van der Waals surface area contributed by atoms with Crippen molar-refractivity contribution >= 4 is 34.0 Å². The van der Waals surface area contributed by atoms with Crippen molar-refractivity contribution in [3.63, 3.8) is 0 Å². The number of hydrogen-bond acceptors (Lipinski definition) is 6. The van der Waals surface area contributed by atoms with Crippen molar-refractivity contribution in [1.82, 2.24) is 14.4 Å². The SMILES string of the molecule is CN(Cc1nc(C2(N)CCCC2)no1)S(=O)(=O)c1ccc(Cl)cc1.Cl. The highest BCUT2D eigenvalue weighted by molar-refractivity contribution is 7.89. The molecule has 2 N–H and O–H groups in total. The van der Waals surface area contributed by atoms with E-state index in [-0.39, 0.29) is 29.7 Å². The molecule has 7 nitrogen and oxygen atoms in total. The van der Waals surface area contributed by atoms with Crippen molar-refractivity contribution in [3.05, 3.63) is 41.0 Å². The number of benzene rings is 1. The summed E-state index contributed by atoms with van der Waals surface area (Å²) in [5, 5.41) is 4.41. The van der Waals surface area contributed by atoms with Crippen molar-refractivity contribution in [2.75, 3.05) is 7.05 Å². The summed E-state index contributed by atoms with van der Waals surface area (Å²) in [6.45, 7) is -0.0198. The Morgan fingerprint density at radius 1 is 1.28 bits per heavy atom. The number of sulfonamides is 1. The summed E-state index contributed by atoms with van der Waals surface area (Å²) < 4.78 is 31.4. The maximum absolute atomic E-state index is 12.5. The molecule has 3 rings (SSSR count). The Labute approximate surface area is 158 Å². The Hall–Kier alpha value is -1.19. The highest BCUT2D eigenvalue weighted by Gasteiger charge is 2.36. The number of rotatable bonds is 5. The van der Waals surface area contributed by atoms with Gasteiger partial charge in [0.1, 0.15) is 0 Å². The van der Waals surface area contributed by atoms with Crippen LogP contribution < -0.4 is 5.73 Å². The molecular weight excluding hydrogens is 387 g/mol. The average Bonchev–Trinajstić information content (AvgIpc) is 3.18. The molecule has 1 saturated carbocycles. The van der Waals surface area contributed by atoms with Crippen molar-refractivity contribution in [2.45, 2.75) is 42.7 Å². The molecule has 1 aliphatic rings. The molecule has 0 spiro atoms.